The van der Waals surface area contributed by atoms with Gasteiger partial charge in [0.1, 0.15) is 23.1 Å². The number of nitrogens with zero attached hydrogens (tertiary/aromatic N) is 3. The molecule has 33 heavy (non-hydrogen) atoms. The van der Waals surface area contributed by atoms with Crippen LogP contribution in [0.5, 0.6) is 11.5 Å². The molecule has 0 N–H and O–H groups in total. The van der Waals surface area contributed by atoms with Crippen molar-refractivity contribution in [1.29, 1.82) is 0 Å². The molecule has 1 fully saturated rings. The highest BCUT2D eigenvalue weighted by Gasteiger charge is 2.15. The Morgan fingerprint density at radius 2 is 1.48 bits per heavy atom. The number of likely N-dealkylation sites (tertiary alicyclic amines) is 1. The van der Waals surface area contributed by atoms with E-state index in [1.807, 2.05) is 48.5 Å². The lowest BCUT2D eigenvalue weighted by Crippen LogP contribution is -2.35. The summed E-state index contributed by atoms with van der Waals surface area (Å²) < 4.78 is 20.7. The number of ether oxygens (including phenoxy) is 1. The molecule has 3 aromatic carbocycles. The molecule has 0 spiro atoms. The molecule has 6 heteroatoms. The van der Waals surface area contributed by atoms with Crippen molar-refractivity contribution in [3.63, 3.8) is 0 Å². The van der Waals surface area contributed by atoms with E-state index in [-0.39, 0.29) is 11.4 Å². The van der Waals surface area contributed by atoms with Crippen LogP contribution in [0, 0.1) is 5.82 Å². The molecule has 0 aliphatic carbocycles. The molecule has 168 valence electrons. The molecule has 1 saturated heterocycles. The number of aromatic nitrogens is 2. The number of hydrogen-bond acceptors (Lipinski definition) is 4. The monoisotopic (exact) mass is 443 g/mol. The van der Waals surface area contributed by atoms with E-state index in [0.717, 1.165) is 25.2 Å². The minimum Gasteiger partial charge on any atom is -0.457 e. The van der Waals surface area contributed by atoms with E-state index in [0.29, 0.717) is 34.8 Å². The summed E-state index contributed by atoms with van der Waals surface area (Å²) in [7, 11) is 0. The zero-order valence-corrected chi connectivity index (χ0v) is 18.4. The number of fused-ring (bicyclic) bond motifs is 1. The summed E-state index contributed by atoms with van der Waals surface area (Å²) in [5.74, 6) is 1.55. The molecule has 1 aromatic heterocycles. The van der Waals surface area contributed by atoms with E-state index in [9.17, 15) is 9.18 Å². The Balaban J connectivity index is 1.46. The number of benzene rings is 3. The second-order valence-electron chi connectivity index (χ2n) is 8.39. The van der Waals surface area contributed by atoms with Gasteiger partial charge in [-0.25, -0.2) is 9.37 Å². The zero-order valence-electron chi connectivity index (χ0n) is 18.4. The van der Waals surface area contributed by atoms with Crippen LogP contribution in [-0.4, -0.2) is 34.1 Å². The first-order chi connectivity index (χ1) is 16.2. The summed E-state index contributed by atoms with van der Waals surface area (Å²) in [5.41, 5.74) is 1.53. The molecule has 1 aliphatic heterocycles. The smallest absolute Gasteiger partial charge is 0.261 e. The van der Waals surface area contributed by atoms with Gasteiger partial charge in [0, 0.05) is 18.7 Å². The van der Waals surface area contributed by atoms with Crippen molar-refractivity contribution in [3.8, 4) is 22.9 Å². The first-order valence-electron chi connectivity index (χ1n) is 11.4. The molecular weight excluding hydrogens is 417 g/mol. The minimum atomic E-state index is -0.303. The van der Waals surface area contributed by atoms with Crippen molar-refractivity contribution in [3.05, 3.63) is 89.0 Å². The predicted molar refractivity (Wildman–Crippen MR) is 128 cm³/mol. The van der Waals surface area contributed by atoms with Gasteiger partial charge in [0.05, 0.1) is 10.9 Å². The molecule has 0 saturated carbocycles. The first-order valence-corrected chi connectivity index (χ1v) is 11.4. The Kier molecular flexibility index (Phi) is 6.17. The average Bonchev–Trinajstić information content (AvgIpc) is 2.86. The van der Waals surface area contributed by atoms with Crippen molar-refractivity contribution < 1.29 is 9.13 Å². The maximum atomic E-state index is 13.4. The topological polar surface area (TPSA) is 47.4 Å². The standard InChI is InChI=1S/C27H26FN3O2/c28-21-10-14-23(15-11-21)33-22-12-8-20(9-13-22)26-29-25-7-3-2-6-24(25)27(32)31(26)19-18-30-16-4-1-5-17-30/h2-3,6-15H,1,4-5,16-19H2. The molecule has 1 aliphatic rings. The van der Waals surface area contributed by atoms with Crippen molar-refractivity contribution in [1.82, 2.24) is 14.5 Å². The van der Waals surface area contributed by atoms with Crippen LogP contribution in [0.25, 0.3) is 22.3 Å². The van der Waals surface area contributed by atoms with Crippen molar-refractivity contribution in [2.24, 2.45) is 0 Å². The predicted octanol–water partition coefficient (Wildman–Crippen LogP) is 5.48. The molecule has 0 bridgehead atoms. The first kappa shape index (κ1) is 21.3. The van der Waals surface area contributed by atoms with Crippen LogP contribution >= 0.6 is 0 Å². The number of para-hydroxylation sites is 1. The van der Waals surface area contributed by atoms with Gasteiger partial charge < -0.3 is 9.64 Å². The quantitative estimate of drug-likeness (QED) is 0.396. The molecule has 0 unspecified atom stereocenters. The van der Waals surface area contributed by atoms with Gasteiger partial charge >= 0.3 is 0 Å². The Labute approximate surface area is 192 Å². The van der Waals surface area contributed by atoms with E-state index >= 15 is 0 Å². The lowest BCUT2D eigenvalue weighted by atomic mass is 10.1. The number of halogens is 1. The van der Waals surface area contributed by atoms with E-state index in [2.05, 4.69) is 4.90 Å². The average molecular weight is 444 g/mol. The SMILES string of the molecule is O=c1c2ccccc2nc(-c2ccc(Oc3ccc(F)cc3)cc2)n1CCN1CCCCC1. The minimum absolute atomic E-state index is 0.0146. The zero-order chi connectivity index (χ0) is 22.6. The third-order valence-electron chi connectivity index (χ3n) is 6.11. The second kappa shape index (κ2) is 9.55. The lowest BCUT2D eigenvalue weighted by molar-refractivity contribution is 0.220. The van der Waals surface area contributed by atoms with Gasteiger partial charge in [-0.15, -0.1) is 0 Å². The van der Waals surface area contributed by atoms with Crippen molar-refractivity contribution >= 4 is 10.9 Å². The van der Waals surface area contributed by atoms with Gasteiger partial charge in [0.15, 0.2) is 0 Å². The van der Waals surface area contributed by atoms with Crippen LogP contribution in [0.2, 0.25) is 0 Å². The largest absolute Gasteiger partial charge is 0.457 e. The normalized spacial score (nSPS) is 14.5. The van der Waals surface area contributed by atoms with Gasteiger partial charge in [-0.3, -0.25) is 9.36 Å². The molecular formula is C27H26FN3O2. The molecule has 5 rings (SSSR count). The van der Waals surface area contributed by atoms with E-state index in [1.54, 1.807) is 16.7 Å². The summed E-state index contributed by atoms with van der Waals surface area (Å²) in [6.07, 6.45) is 3.71. The highest BCUT2D eigenvalue weighted by Crippen LogP contribution is 2.26. The van der Waals surface area contributed by atoms with Gasteiger partial charge in [0.25, 0.3) is 5.56 Å². The highest BCUT2D eigenvalue weighted by atomic mass is 19.1. The molecule has 4 aromatic rings. The molecule has 2 heterocycles. The van der Waals surface area contributed by atoms with Crippen LogP contribution in [0.1, 0.15) is 19.3 Å². The third kappa shape index (κ3) is 4.81. The number of hydrogen-bond donors (Lipinski definition) is 0. The molecule has 0 amide bonds. The Bertz CT molecular complexity index is 1290. The number of piperidine rings is 1. The molecule has 0 radical (unpaired) electrons. The Hall–Kier alpha value is -3.51. The van der Waals surface area contributed by atoms with Crippen LogP contribution in [0.3, 0.4) is 0 Å². The fourth-order valence-electron chi connectivity index (χ4n) is 4.33. The van der Waals surface area contributed by atoms with Gasteiger partial charge in [-0.2, -0.15) is 0 Å². The van der Waals surface area contributed by atoms with Crippen molar-refractivity contribution in [2.45, 2.75) is 25.8 Å². The summed E-state index contributed by atoms with van der Waals surface area (Å²) >= 11 is 0. The summed E-state index contributed by atoms with van der Waals surface area (Å²) in [4.78, 5) is 20.7. The van der Waals surface area contributed by atoms with Gasteiger partial charge in [-0.05, 0) is 86.6 Å². The van der Waals surface area contributed by atoms with Crippen LogP contribution in [0.4, 0.5) is 4.39 Å². The van der Waals surface area contributed by atoms with Crippen LogP contribution in [0.15, 0.2) is 77.6 Å². The maximum absolute atomic E-state index is 13.4. The van der Waals surface area contributed by atoms with E-state index < -0.39 is 0 Å². The fourth-order valence-corrected chi connectivity index (χ4v) is 4.33. The summed E-state index contributed by atoms with van der Waals surface area (Å²) in [5, 5.41) is 0.635. The third-order valence-corrected chi connectivity index (χ3v) is 6.11. The fraction of sp³-hybridized carbons (Fsp3) is 0.259. The lowest BCUT2D eigenvalue weighted by Gasteiger charge is -2.27. The van der Waals surface area contributed by atoms with E-state index in [4.69, 9.17) is 9.72 Å². The number of rotatable bonds is 6. The van der Waals surface area contributed by atoms with Gasteiger partial charge in [0.2, 0.25) is 0 Å². The second-order valence-corrected chi connectivity index (χ2v) is 8.39. The summed E-state index contributed by atoms with van der Waals surface area (Å²) in [6, 6.07) is 20.9. The molecule has 5 nitrogen and oxygen atoms in total. The van der Waals surface area contributed by atoms with Crippen LogP contribution < -0.4 is 10.3 Å². The Morgan fingerprint density at radius 1 is 0.818 bits per heavy atom. The highest BCUT2D eigenvalue weighted by molar-refractivity contribution is 5.79. The maximum Gasteiger partial charge on any atom is 0.261 e. The Morgan fingerprint density at radius 3 is 2.21 bits per heavy atom. The van der Waals surface area contributed by atoms with Crippen LogP contribution in [-0.2, 0) is 6.54 Å². The summed E-state index contributed by atoms with van der Waals surface area (Å²) in [6.45, 7) is 3.60. The van der Waals surface area contributed by atoms with Gasteiger partial charge in [-0.1, -0.05) is 18.6 Å². The van der Waals surface area contributed by atoms with E-state index in [1.165, 1.54) is 31.4 Å². The molecule has 0 atom stereocenters. The van der Waals surface area contributed by atoms with Crippen molar-refractivity contribution in [2.75, 3.05) is 19.6 Å².